The first kappa shape index (κ1) is 13.2. The molecule has 1 unspecified atom stereocenters. The van der Waals surface area contributed by atoms with Gasteiger partial charge in [-0.15, -0.1) is 0 Å². The van der Waals surface area contributed by atoms with Gasteiger partial charge in [-0.1, -0.05) is 26.0 Å². The first-order chi connectivity index (χ1) is 7.54. The minimum absolute atomic E-state index is 0.156. The molecule has 0 aliphatic heterocycles. The zero-order valence-corrected chi connectivity index (χ0v) is 10.3. The molecule has 1 atom stereocenters. The number of aliphatic hydroxyl groups is 1. The minimum Gasteiger partial charge on any atom is -0.396 e. The molecule has 1 aromatic rings. The van der Waals surface area contributed by atoms with Crippen molar-refractivity contribution < 1.29 is 9.50 Å². The van der Waals surface area contributed by atoms with Gasteiger partial charge in [-0.25, -0.2) is 4.39 Å². The van der Waals surface area contributed by atoms with Crippen LogP contribution in [0.5, 0.6) is 0 Å². The smallest absolute Gasteiger partial charge is 0.126 e. The van der Waals surface area contributed by atoms with E-state index in [0.29, 0.717) is 17.4 Å². The lowest BCUT2D eigenvalue weighted by atomic mass is 9.87. The molecule has 2 heteroatoms. The van der Waals surface area contributed by atoms with Crippen molar-refractivity contribution in [3.63, 3.8) is 0 Å². The van der Waals surface area contributed by atoms with E-state index in [2.05, 4.69) is 13.8 Å². The predicted molar refractivity (Wildman–Crippen MR) is 65.0 cm³/mol. The molecule has 1 aromatic carbocycles. The molecule has 90 valence electrons. The van der Waals surface area contributed by atoms with Crippen LogP contribution in [-0.4, -0.2) is 11.7 Å². The van der Waals surface area contributed by atoms with Gasteiger partial charge >= 0.3 is 0 Å². The molecule has 0 saturated heterocycles. The Morgan fingerprint density at radius 2 is 2.00 bits per heavy atom. The Morgan fingerprint density at radius 3 is 2.50 bits per heavy atom. The monoisotopic (exact) mass is 224 g/mol. The number of hydrogen-bond donors (Lipinski definition) is 1. The lowest BCUT2D eigenvalue weighted by molar-refractivity contribution is 0.267. The molecular weight excluding hydrogens is 203 g/mol. The van der Waals surface area contributed by atoms with E-state index in [1.165, 1.54) is 6.07 Å². The average molecular weight is 224 g/mol. The molecule has 1 rings (SSSR count). The Hall–Kier alpha value is -0.890. The lowest BCUT2D eigenvalue weighted by Gasteiger charge is -2.19. The normalized spacial score (nSPS) is 13.1. The molecule has 1 nitrogen and oxygen atoms in total. The molecular formula is C14H21FO. The molecule has 1 N–H and O–H groups in total. The van der Waals surface area contributed by atoms with Gasteiger partial charge in [0.05, 0.1) is 0 Å². The fraction of sp³-hybridized carbons (Fsp3) is 0.571. The standard InChI is InChI=1S/C14H21FO/c1-10(2)8-13(6-7-16)12-4-5-14(15)11(3)9-12/h4-5,9-10,13,16H,6-8H2,1-3H3. The summed E-state index contributed by atoms with van der Waals surface area (Å²) in [6, 6.07) is 5.26. The number of aryl methyl sites for hydroxylation is 1. The highest BCUT2D eigenvalue weighted by Crippen LogP contribution is 2.28. The van der Waals surface area contributed by atoms with Crippen molar-refractivity contribution in [2.75, 3.05) is 6.61 Å². The molecule has 0 saturated carbocycles. The maximum atomic E-state index is 13.2. The van der Waals surface area contributed by atoms with Crippen molar-refractivity contribution in [1.29, 1.82) is 0 Å². The van der Waals surface area contributed by atoms with Gasteiger partial charge in [0.2, 0.25) is 0 Å². The topological polar surface area (TPSA) is 20.2 Å². The maximum Gasteiger partial charge on any atom is 0.126 e. The van der Waals surface area contributed by atoms with Crippen LogP contribution in [0.4, 0.5) is 4.39 Å². The van der Waals surface area contributed by atoms with Gasteiger partial charge in [-0.2, -0.15) is 0 Å². The zero-order chi connectivity index (χ0) is 12.1. The summed E-state index contributed by atoms with van der Waals surface area (Å²) in [5.74, 6) is 0.766. The fourth-order valence-electron chi connectivity index (χ4n) is 2.07. The van der Waals surface area contributed by atoms with Gasteiger partial charge < -0.3 is 5.11 Å². The second-order valence-electron chi connectivity index (χ2n) is 4.85. The summed E-state index contributed by atoms with van der Waals surface area (Å²) < 4.78 is 13.2. The van der Waals surface area contributed by atoms with Crippen LogP contribution < -0.4 is 0 Å². The first-order valence-corrected chi connectivity index (χ1v) is 5.91. The number of aliphatic hydroxyl groups excluding tert-OH is 1. The van der Waals surface area contributed by atoms with E-state index in [9.17, 15) is 4.39 Å². The third-order valence-electron chi connectivity index (χ3n) is 2.89. The highest BCUT2D eigenvalue weighted by atomic mass is 19.1. The predicted octanol–water partition coefficient (Wildman–Crippen LogP) is 3.65. The van der Waals surface area contributed by atoms with E-state index < -0.39 is 0 Å². The number of rotatable bonds is 5. The Labute approximate surface area is 97.3 Å². The molecule has 0 aromatic heterocycles. The van der Waals surface area contributed by atoms with Crippen LogP contribution in [0.3, 0.4) is 0 Å². The summed E-state index contributed by atoms with van der Waals surface area (Å²) in [5, 5.41) is 9.06. The quantitative estimate of drug-likeness (QED) is 0.809. The average Bonchev–Trinajstić information content (AvgIpc) is 2.21. The third kappa shape index (κ3) is 3.60. The van der Waals surface area contributed by atoms with E-state index in [1.54, 1.807) is 6.92 Å². The van der Waals surface area contributed by atoms with E-state index >= 15 is 0 Å². The molecule has 0 fully saturated rings. The van der Waals surface area contributed by atoms with Crippen LogP contribution in [0.15, 0.2) is 18.2 Å². The van der Waals surface area contributed by atoms with Gasteiger partial charge in [0.15, 0.2) is 0 Å². The fourth-order valence-corrected chi connectivity index (χ4v) is 2.07. The first-order valence-electron chi connectivity index (χ1n) is 5.91. The Balaban J connectivity index is 2.87. The molecule has 0 aliphatic carbocycles. The summed E-state index contributed by atoms with van der Waals surface area (Å²) in [5.41, 5.74) is 1.82. The van der Waals surface area contributed by atoms with Crippen molar-refractivity contribution in [1.82, 2.24) is 0 Å². The Bertz CT molecular complexity index is 334. The molecule has 0 heterocycles. The highest BCUT2D eigenvalue weighted by molar-refractivity contribution is 5.26. The van der Waals surface area contributed by atoms with E-state index in [4.69, 9.17) is 5.11 Å². The number of benzene rings is 1. The van der Waals surface area contributed by atoms with Gasteiger partial charge in [0.1, 0.15) is 5.82 Å². The summed E-state index contributed by atoms with van der Waals surface area (Å²) in [6.45, 7) is 6.31. The second kappa shape index (κ2) is 6.00. The maximum absolute atomic E-state index is 13.2. The van der Waals surface area contributed by atoms with Crippen LogP contribution in [0.2, 0.25) is 0 Å². The van der Waals surface area contributed by atoms with Gasteiger partial charge in [0.25, 0.3) is 0 Å². The SMILES string of the molecule is Cc1cc(C(CCO)CC(C)C)ccc1F. The van der Waals surface area contributed by atoms with E-state index in [1.807, 2.05) is 12.1 Å². The molecule has 0 radical (unpaired) electrons. The Morgan fingerprint density at radius 1 is 1.31 bits per heavy atom. The number of halogens is 1. The Kier molecular flexibility index (Phi) is 4.94. The van der Waals surface area contributed by atoms with Crippen molar-refractivity contribution in [2.24, 2.45) is 5.92 Å². The molecule has 0 bridgehead atoms. The molecule has 0 spiro atoms. The third-order valence-corrected chi connectivity index (χ3v) is 2.89. The van der Waals surface area contributed by atoms with Gasteiger partial charge in [-0.05, 0) is 48.8 Å². The van der Waals surface area contributed by atoms with E-state index in [0.717, 1.165) is 18.4 Å². The van der Waals surface area contributed by atoms with Crippen LogP contribution in [-0.2, 0) is 0 Å². The zero-order valence-electron chi connectivity index (χ0n) is 10.3. The summed E-state index contributed by atoms with van der Waals surface area (Å²) in [7, 11) is 0. The van der Waals surface area contributed by atoms with Gasteiger partial charge in [-0.3, -0.25) is 0 Å². The number of hydrogen-bond acceptors (Lipinski definition) is 1. The van der Waals surface area contributed by atoms with Crippen LogP contribution in [0.1, 0.15) is 43.7 Å². The van der Waals surface area contributed by atoms with Crippen molar-refractivity contribution in [3.05, 3.63) is 35.1 Å². The minimum atomic E-state index is -0.156. The lowest BCUT2D eigenvalue weighted by Crippen LogP contribution is -2.06. The van der Waals surface area contributed by atoms with Crippen molar-refractivity contribution in [3.8, 4) is 0 Å². The van der Waals surface area contributed by atoms with Crippen molar-refractivity contribution >= 4 is 0 Å². The summed E-state index contributed by atoms with van der Waals surface area (Å²) in [4.78, 5) is 0. The summed E-state index contributed by atoms with van der Waals surface area (Å²) >= 11 is 0. The molecule has 16 heavy (non-hydrogen) atoms. The largest absolute Gasteiger partial charge is 0.396 e. The molecule has 0 amide bonds. The van der Waals surface area contributed by atoms with Crippen molar-refractivity contribution in [2.45, 2.75) is 39.5 Å². The van der Waals surface area contributed by atoms with E-state index in [-0.39, 0.29) is 12.4 Å². The van der Waals surface area contributed by atoms with Crippen LogP contribution in [0.25, 0.3) is 0 Å². The van der Waals surface area contributed by atoms with Crippen LogP contribution >= 0.6 is 0 Å². The second-order valence-corrected chi connectivity index (χ2v) is 4.85. The van der Waals surface area contributed by atoms with Crippen LogP contribution in [0, 0.1) is 18.7 Å². The highest BCUT2D eigenvalue weighted by Gasteiger charge is 2.13. The summed E-state index contributed by atoms with van der Waals surface area (Å²) in [6.07, 6.45) is 1.79. The molecule has 0 aliphatic rings. The van der Waals surface area contributed by atoms with Gasteiger partial charge in [0, 0.05) is 6.61 Å².